The van der Waals surface area contributed by atoms with E-state index < -0.39 is 8.07 Å². The van der Waals surface area contributed by atoms with E-state index in [4.69, 9.17) is 9.97 Å². The molecule has 1 aliphatic rings. The van der Waals surface area contributed by atoms with Gasteiger partial charge in [-0.1, -0.05) is 47.5 Å². The van der Waals surface area contributed by atoms with Crippen molar-refractivity contribution in [1.29, 1.82) is 0 Å². The highest BCUT2D eigenvalue weighted by atomic mass is 28.3. The SMILES string of the molecule is Cc1c(C#C[Si](C(C)C)(C(C)C)C(C)C)c2cnc(Nc3ccc(N4CCN(C)CC4)cc3)nc2n(Cc2ccn[nH]2)c1=O. The van der Waals surface area contributed by atoms with Gasteiger partial charge in [-0.3, -0.25) is 14.5 Å². The summed E-state index contributed by atoms with van der Waals surface area (Å²) in [4.78, 5) is 28.3. The van der Waals surface area contributed by atoms with E-state index in [9.17, 15) is 4.79 Å². The monoisotopic (exact) mass is 610 g/mol. The molecule has 232 valence electrons. The molecule has 0 atom stereocenters. The Kier molecular flexibility index (Phi) is 9.28. The lowest BCUT2D eigenvalue weighted by Gasteiger charge is -2.38. The van der Waals surface area contributed by atoms with E-state index in [2.05, 4.69) is 110 Å². The number of benzene rings is 1. The van der Waals surface area contributed by atoms with Crippen LogP contribution in [0.1, 0.15) is 58.4 Å². The van der Waals surface area contributed by atoms with Crippen molar-refractivity contribution in [1.82, 2.24) is 29.6 Å². The zero-order valence-corrected chi connectivity index (χ0v) is 28.4. The van der Waals surface area contributed by atoms with E-state index in [1.54, 1.807) is 10.8 Å². The predicted molar refractivity (Wildman–Crippen MR) is 184 cm³/mol. The van der Waals surface area contributed by atoms with Gasteiger partial charge in [0.25, 0.3) is 5.56 Å². The molecule has 10 heteroatoms. The Morgan fingerprint density at radius 2 is 1.64 bits per heavy atom. The molecule has 9 nitrogen and oxygen atoms in total. The second kappa shape index (κ2) is 13.0. The summed E-state index contributed by atoms with van der Waals surface area (Å²) in [6.45, 7) is 20.1. The zero-order valence-electron chi connectivity index (χ0n) is 27.4. The molecule has 0 spiro atoms. The third-order valence-electron chi connectivity index (χ3n) is 9.38. The molecule has 4 aromatic rings. The molecule has 0 saturated carbocycles. The fourth-order valence-corrected chi connectivity index (χ4v) is 12.0. The minimum atomic E-state index is -2.03. The number of pyridine rings is 1. The van der Waals surface area contributed by atoms with Crippen LogP contribution in [0.5, 0.6) is 0 Å². The van der Waals surface area contributed by atoms with Crippen molar-refractivity contribution in [2.45, 2.75) is 71.6 Å². The van der Waals surface area contributed by atoms with Gasteiger partial charge in [0.15, 0.2) is 0 Å². The van der Waals surface area contributed by atoms with E-state index in [0.717, 1.165) is 48.5 Å². The van der Waals surface area contributed by atoms with Crippen LogP contribution in [0.4, 0.5) is 17.3 Å². The van der Waals surface area contributed by atoms with Crippen molar-refractivity contribution >= 4 is 36.4 Å². The maximum Gasteiger partial charge on any atom is 0.256 e. The molecule has 0 amide bonds. The minimum Gasteiger partial charge on any atom is -0.369 e. The number of likely N-dealkylation sites (N-methyl/N-ethyl adjacent to an activating group) is 1. The number of aromatic amines is 1. The quantitative estimate of drug-likeness (QED) is 0.188. The third-order valence-corrected chi connectivity index (χ3v) is 15.7. The molecule has 0 unspecified atom stereocenters. The molecule has 5 rings (SSSR count). The maximum absolute atomic E-state index is 13.9. The van der Waals surface area contributed by atoms with Crippen molar-refractivity contribution in [3.63, 3.8) is 0 Å². The molecule has 1 fully saturated rings. The van der Waals surface area contributed by atoms with Gasteiger partial charge >= 0.3 is 0 Å². The number of aromatic nitrogens is 5. The molecule has 0 radical (unpaired) electrons. The van der Waals surface area contributed by atoms with Gasteiger partial charge in [0, 0.05) is 61.1 Å². The first-order chi connectivity index (χ1) is 21.0. The van der Waals surface area contributed by atoms with Crippen LogP contribution in [0.3, 0.4) is 0 Å². The van der Waals surface area contributed by atoms with Crippen LogP contribution in [0.2, 0.25) is 16.6 Å². The van der Waals surface area contributed by atoms with Crippen molar-refractivity contribution in [3.05, 3.63) is 69.9 Å². The molecule has 44 heavy (non-hydrogen) atoms. The standard InChI is InChI=1S/C34H46N8OSi/c1-23(2)44(24(3)4,25(5)6)20-14-30-26(7)33(43)42(22-28-13-15-36-39-28)32-31(30)21-35-34(38-32)37-27-9-11-29(12-10-27)41-18-16-40(8)17-19-41/h9-13,15,21,23-25H,16-19,22H2,1-8H3,(H,36,39)(H,35,37,38). The second-order valence-corrected chi connectivity index (χ2v) is 18.6. The lowest BCUT2D eigenvalue weighted by atomic mass is 10.1. The Bertz CT molecular complexity index is 1680. The van der Waals surface area contributed by atoms with Crippen molar-refractivity contribution in [2.75, 3.05) is 43.4 Å². The van der Waals surface area contributed by atoms with Gasteiger partial charge in [-0.05, 0) is 60.9 Å². The van der Waals surface area contributed by atoms with E-state index in [0.29, 0.717) is 40.3 Å². The summed E-state index contributed by atoms with van der Waals surface area (Å²) in [6.07, 6.45) is 3.50. The maximum atomic E-state index is 13.9. The molecule has 3 aromatic heterocycles. The average molecular weight is 611 g/mol. The normalized spacial score (nSPS) is 14.5. The highest BCUT2D eigenvalue weighted by Crippen LogP contribution is 2.41. The number of nitrogens with zero attached hydrogens (tertiary/aromatic N) is 6. The van der Waals surface area contributed by atoms with Gasteiger partial charge in [-0.15, -0.1) is 5.54 Å². The van der Waals surface area contributed by atoms with Crippen LogP contribution >= 0.6 is 0 Å². The number of H-pyrrole nitrogens is 1. The van der Waals surface area contributed by atoms with Gasteiger partial charge in [0.2, 0.25) is 5.95 Å². The van der Waals surface area contributed by atoms with Crippen LogP contribution in [0.15, 0.2) is 47.5 Å². The fraction of sp³-hybridized carbons (Fsp3) is 0.471. The molecule has 2 N–H and O–H groups in total. The molecule has 0 aliphatic carbocycles. The van der Waals surface area contributed by atoms with Gasteiger partial charge in [0.1, 0.15) is 13.7 Å². The first-order valence-corrected chi connectivity index (χ1v) is 18.0. The Morgan fingerprint density at radius 3 is 2.23 bits per heavy atom. The van der Waals surface area contributed by atoms with E-state index in [-0.39, 0.29) is 5.56 Å². The van der Waals surface area contributed by atoms with Crippen LogP contribution in [0.25, 0.3) is 11.0 Å². The van der Waals surface area contributed by atoms with Crippen LogP contribution in [-0.2, 0) is 6.54 Å². The van der Waals surface area contributed by atoms with Crippen LogP contribution < -0.4 is 15.8 Å². The first-order valence-electron chi connectivity index (χ1n) is 15.7. The number of fused-ring (bicyclic) bond motifs is 1. The number of anilines is 3. The van der Waals surface area contributed by atoms with E-state index in [1.807, 2.05) is 19.2 Å². The van der Waals surface area contributed by atoms with Gasteiger partial charge < -0.3 is 15.1 Å². The molecular weight excluding hydrogens is 565 g/mol. The first kappa shape index (κ1) is 31.5. The summed E-state index contributed by atoms with van der Waals surface area (Å²) in [5.74, 6) is 3.98. The van der Waals surface area contributed by atoms with Crippen LogP contribution in [0, 0.1) is 18.4 Å². The van der Waals surface area contributed by atoms with Gasteiger partial charge in [0.05, 0.1) is 17.6 Å². The second-order valence-electron chi connectivity index (χ2n) is 13.0. The molecular formula is C34H46N8OSi. The highest BCUT2D eigenvalue weighted by molar-refractivity contribution is 6.90. The molecule has 1 saturated heterocycles. The number of piperazine rings is 1. The summed E-state index contributed by atoms with van der Waals surface area (Å²) in [7, 11) is 0.135. The number of rotatable bonds is 8. The zero-order chi connectivity index (χ0) is 31.6. The number of hydrogen-bond acceptors (Lipinski definition) is 7. The van der Waals surface area contributed by atoms with Crippen molar-refractivity contribution in [3.8, 4) is 11.5 Å². The largest absolute Gasteiger partial charge is 0.369 e. The topological polar surface area (TPSA) is 95.0 Å². The van der Waals surface area contributed by atoms with Gasteiger partial charge in [-0.2, -0.15) is 10.1 Å². The highest BCUT2D eigenvalue weighted by Gasteiger charge is 2.41. The van der Waals surface area contributed by atoms with E-state index in [1.165, 1.54) is 5.69 Å². The van der Waals surface area contributed by atoms with Gasteiger partial charge in [-0.25, -0.2) is 4.98 Å². The number of hydrogen-bond donors (Lipinski definition) is 2. The summed E-state index contributed by atoms with van der Waals surface area (Å²) in [6, 6.07) is 10.2. The molecule has 1 aliphatic heterocycles. The Balaban J connectivity index is 1.57. The van der Waals surface area contributed by atoms with E-state index >= 15 is 0 Å². The smallest absolute Gasteiger partial charge is 0.256 e. The molecule has 1 aromatic carbocycles. The lowest BCUT2D eigenvalue weighted by Crippen LogP contribution is -2.44. The summed E-state index contributed by atoms with van der Waals surface area (Å²) in [5.41, 5.74) is 9.97. The summed E-state index contributed by atoms with van der Waals surface area (Å²) >= 11 is 0. The van der Waals surface area contributed by atoms with Crippen molar-refractivity contribution < 1.29 is 0 Å². The fourth-order valence-electron chi connectivity index (χ4n) is 6.83. The predicted octanol–water partition coefficient (Wildman–Crippen LogP) is 5.94. The minimum absolute atomic E-state index is 0.108. The Hall–Kier alpha value is -3.94. The van der Waals surface area contributed by atoms with Crippen molar-refractivity contribution in [2.24, 2.45) is 0 Å². The lowest BCUT2D eigenvalue weighted by molar-refractivity contribution is 0.313. The summed E-state index contributed by atoms with van der Waals surface area (Å²) < 4.78 is 1.70. The Morgan fingerprint density at radius 1 is 0.977 bits per heavy atom. The molecule has 0 bridgehead atoms. The Labute approximate surface area is 262 Å². The third kappa shape index (κ3) is 6.17. The number of nitrogens with one attached hydrogen (secondary N) is 2. The average Bonchev–Trinajstić information content (AvgIpc) is 3.51. The van der Waals surface area contributed by atoms with Crippen LogP contribution in [-0.4, -0.2) is 70.9 Å². The summed E-state index contributed by atoms with van der Waals surface area (Å²) in [5, 5.41) is 11.2. The molecule has 4 heterocycles.